The predicted octanol–water partition coefficient (Wildman–Crippen LogP) is 2.56. The molecule has 1 fully saturated rings. The van der Waals surface area contributed by atoms with Crippen molar-refractivity contribution in [3.05, 3.63) is 35.4 Å². The summed E-state index contributed by atoms with van der Waals surface area (Å²) < 4.78 is 0. The fraction of sp³-hybridized carbons (Fsp3) is 0.588. The lowest BCUT2D eigenvalue weighted by Crippen LogP contribution is -2.59. The highest BCUT2D eigenvalue weighted by molar-refractivity contribution is 5.79. The minimum atomic E-state index is -0.196. The molecule has 0 aromatic heterocycles. The lowest BCUT2D eigenvalue weighted by Gasteiger charge is -2.42. The Balaban J connectivity index is 2.04. The summed E-state index contributed by atoms with van der Waals surface area (Å²) in [7, 11) is 0. The van der Waals surface area contributed by atoms with Crippen molar-refractivity contribution in [1.29, 1.82) is 0 Å². The van der Waals surface area contributed by atoms with Gasteiger partial charge in [-0.05, 0) is 36.8 Å². The molecule has 0 bridgehead atoms. The number of hydrogen-bond donors (Lipinski definition) is 2. The average molecular weight is 274 g/mol. The quantitative estimate of drug-likeness (QED) is 0.886. The zero-order valence-corrected chi connectivity index (χ0v) is 12.6. The van der Waals surface area contributed by atoms with E-state index in [1.54, 1.807) is 0 Å². The highest BCUT2D eigenvalue weighted by Gasteiger charge is 2.38. The second-order valence-corrected chi connectivity index (χ2v) is 6.16. The Labute approximate surface area is 121 Å². The highest BCUT2D eigenvalue weighted by atomic mass is 16.1. The molecule has 1 aliphatic rings. The van der Waals surface area contributed by atoms with Crippen LogP contribution in [0.1, 0.15) is 43.7 Å². The number of carbonyl (C=O) groups excluding carboxylic acids is 1. The number of benzene rings is 1. The van der Waals surface area contributed by atoms with Crippen molar-refractivity contribution in [1.82, 2.24) is 5.32 Å². The van der Waals surface area contributed by atoms with Crippen LogP contribution < -0.4 is 11.1 Å². The minimum Gasteiger partial charge on any atom is -0.349 e. The Kier molecular flexibility index (Phi) is 4.81. The Morgan fingerprint density at radius 2 is 2.15 bits per heavy atom. The third-order valence-corrected chi connectivity index (χ3v) is 4.82. The number of amides is 1. The molecule has 0 spiro atoms. The maximum absolute atomic E-state index is 12.4. The Hall–Kier alpha value is -1.35. The van der Waals surface area contributed by atoms with Crippen LogP contribution in [0.15, 0.2) is 24.3 Å². The second kappa shape index (κ2) is 6.40. The van der Waals surface area contributed by atoms with Crippen LogP contribution in [0.2, 0.25) is 0 Å². The molecular weight excluding hydrogens is 248 g/mol. The van der Waals surface area contributed by atoms with Gasteiger partial charge < -0.3 is 11.1 Å². The summed E-state index contributed by atoms with van der Waals surface area (Å²) in [5.74, 6) is 0.556. The summed E-state index contributed by atoms with van der Waals surface area (Å²) >= 11 is 0. The lowest BCUT2D eigenvalue weighted by atomic mass is 9.73. The molecule has 0 aliphatic heterocycles. The zero-order chi connectivity index (χ0) is 14.6. The summed E-state index contributed by atoms with van der Waals surface area (Å²) in [6.45, 7) is 4.79. The van der Waals surface area contributed by atoms with E-state index in [2.05, 4.69) is 12.2 Å². The zero-order valence-electron chi connectivity index (χ0n) is 12.6. The first kappa shape index (κ1) is 15.0. The van der Waals surface area contributed by atoms with Gasteiger partial charge in [0.15, 0.2) is 0 Å². The van der Waals surface area contributed by atoms with E-state index in [0.29, 0.717) is 18.9 Å². The Morgan fingerprint density at radius 1 is 1.40 bits per heavy atom. The van der Waals surface area contributed by atoms with Gasteiger partial charge >= 0.3 is 0 Å². The van der Waals surface area contributed by atoms with E-state index >= 15 is 0 Å². The molecule has 3 N–H and O–H groups in total. The number of hydrogen-bond acceptors (Lipinski definition) is 2. The van der Waals surface area contributed by atoms with Crippen LogP contribution in [-0.4, -0.2) is 18.0 Å². The van der Waals surface area contributed by atoms with E-state index in [9.17, 15) is 4.79 Å². The van der Waals surface area contributed by atoms with E-state index in [1.807, 2.05) is 31.2 Å². The Bertz CT molecular complexity index is 472. The molecule has 0 heterocycles. The third-order valence-electron chi connectivity index (χ3n) is 4.82. The molecule has 2 unspecified atom stereocenters. The molecule has 3 heteroatoms. The van der Waals surface area contributed by atoms with E-state index in [1.165, 1.54) is 12.0 Å². The molecule has 1 amide bonds. The first-order chi connectivity index (χ1) is 9.57. The molecule has 0 saturated heterocycles. The maximum Gasteiger partial charge on any atom is 0.224 e. The largest absolute Gasteiger partial charge is 0.349 e. The molecule has 3 nitrogen and oxygen atoms in total. The average Bonchev–Trinajstić information content (AvgIpc) is 2.44. The van der Waals surface area contributed by atoms with E-state index in [-0.39, 0.29) is 11.4 Å². The molecule has 2 atom stereocenters. The van der Waals surface area contributed by atoms with Crippen molar-refractivity contribution in [2.24, 2.45) is 11.7 Å². The molecule has 1 aliphatic carbocycles. The smallest absolute Gasteiger partial charge is 0.224 e. The van der Waals surface area contributed by atoms with Gasteiger partial charge in [0, 0.05) is 6.54 Å². The molecule has 0 radical (unpaired) electrons. The molecule has 1 aromatic carbocycles. The van der Waals surface area contributed by atoms with E-state index < -0.39 is 0 Å². The van der Waals surface area contributed by atoms with Gasteiger partial charge in [-0.3, -0.25) is 4.79 Å². The van der Waals surface area contributed by atoms with Crippen LogP contribution in [-0.2, 0) is 11.2 Å². The highest BCUT2D eigenvalue weighted by Crippen LogP contribution is 2.32. The fourth-order valence-electron chi connectivity index (χ4n) is 3.26. The van der Waals surface area contributed by atoms with Crippen molar-refractivity contribution >= 4 is 5.91 Å². The summed E-state index contributed by atoms with van der Waals surface area (Å²) in [6, 6.07) is 8.05. The van der Waals surface area contributed by atoms with Gasteiger partial charge in [0.1, 0.15) is 0 Å². The Morgan fingerprint density at radius 3 is 2.80 bits per heavy atom. The first-order valence-corrected chi connectivity index (χ1v) is 7.63. The standard InChI is InChI=1S/C17H26N2O/c1-13-7-3-4-9-15(13)11-16(20)19-17(12-18)10-6-5-8-14(17)2/h3-4,7,9,14H,5-6,8,10-12,18H2,1-2H3,(H,19,20). The van der Waals surface area contributed by atoms with E-state index in [4.69, 9.17) is 5.73 Å². The molecule has 110 valence electrons. The molecule has 1 saturated carbocycles. The first-order valence-electron chi connectivity index (χ1n) is 7.63. The van der Waals surface area contributed by atoms with Gasteiger partial charge in [-0.15, -0.1) is 0 Å². The topological polar surface area (TPSA) is 55.1 Å². The lowest BCUT2D eigenvalue weighted by molar-refractivity contribution is -0.123. The van der Waals surface area contributed by atoms with Gasteiger partial charge in [0.2, 0.25) is 5.91 Å². The SMILES string of the molecule is Cc1ccccc1CC(=O)NC1(CN)CCCCC1C. The van der Waals surface area contributed by atoms with Crippen molar-refractivity contribution in [3.63, 3.8) is 0 Å². The normalized spacial score (nSPS) is 26.2. The van der Waals surface area contributed by atoms with Crippen molar-refractivity contribution in [2.75, 3.05) is 6.54 Å². The number of carbonyl (C=O) groups is 1. The molecule has 2 rings (SSSR count). The predicted molar refractivity (Wildman–Crippen MR) is 82.4 cm³/mol. The van der Waals surface area contributed by atoms with Crippen LogP contribution in [0.3, 0.4) is 0 Å². The van der Waals surface area contributed by atoms with Crippen LogP contribution in [0, 0.1) is 12.8 Å². The number of rotatable bonds is 4. The van der Waals surface area contributed by atoms with Crippen LogP contribution in [0.5, 0.6) is 0 Å². The number of aryl methyl sites for hydroxylation is 1. The monoisotopic (exact) mass is 274 g/mol. The second-order valence-electron chi connectivity index (χ2n) is 6.16. The fourth-order valence-corrected chi connectivity index (χ4v) is 3.26. The molecule has 1 aromatic rings. The minimum absolute atomic E-state index is 0.0958. The number of nitrogens with one attached hydrogen (secondary N) is 1. The summed E-state index contributed by atoms with van der Waals surface area (Å²) in [5.41, 5.74) is 8.05. The van der Waals surface area contributed by atoms with Gasteiger partial charge in [-0.2, -0.15) is 0 Å². The van der Waals surface area contributed by atoms with Crippen LogP contribution in [0.4, 0.5) is 0 Å². The maximum atomic E-state index is 12.4. The molecule has 20 heavy (non-hydrogen) atoms. The third kappa shape index (κ3) is 3.21. The van der Waals surface area contributed by atoms with Gasteiger partial charge in [0.05, 0.1) is 12.0 Å². The van der Waals surface area contributed by atoms with E-state index in [0.717, 1.165) is 24.8 Å². The van der Waals surface area contributed by atoms with Gasteiger partial charge in [0.25, 0.3) is 0 Å². The van der Waals surface area contributed by atoms with Crippen LogP contribution >= 0.6 is 0 Å². The summed E-state index contributed by atoms with van der Waals surface area (Å²) in [5, 5.41) is 3.24. The van der Waals surface area contributed by atoms with Crippen molar-refractivity contribution in [3.8, 4) is 0 Å². The number of nitrogens with two attached hydrogens (primary N) is 1. The summed E-state index contributed by atoms with van der Waals surface area (Å²) in [6.07, 6.45) is 5.01. The van der Waals surface area contributed by atoms with Crippen molar-refractivity contribution < 1.29 is 4.79 Å². The molecular formula is C17H26N2O. The van der Waals surface area contributed by atoms with Crippen molar-refractivity contribution in [2.45, 2.75) is 51.5 Å². The summed E-state index contributed by atoms with van der Waals surface area (Å²) in [4.78, 5) is 12.4. The van der Waals surface area contributed by atoms with Gasteiger partial charge in [-0.1, -0.05) is 44.0 Å². The van der Waals surface area contributed by atoms with Gasteiger partial charge in [-0.25, -0.2) is 0 Å². The van der Waals surface area contributed by atoms with Crippen LogP contribution in [0.25, 0.3) is 0 Å².